The van der Waals surface area contributed by atoms with Crippen molar-refractivity contribution in [2.75, 3.05) is 64.3 Å². The zero-order valence-corrected chi connectivity index (χ0v) is 30.3. The standard InChI is InChI=1S/C34H52N8O9S/c35-26-18-23(7-8-25(26)29(43)19-27(36)33(45)46)4-3-11-51-21-24-20-42(41-40-24)10-13-49-15-17-50-16-14-48-12-9-37-31(44)6-2-1-5-30-32-28(22-52-30)38-34(47)39-32/h7-8,18,20,27-28,30,32H,1-6,9-17,19,21-22,35-36H2,(H,37,44)(H,45,46)(H2,38,39,47)/t27-,28?,30-,32-/m0/s1. The fourth-order valence-electron chi connectivity index (χ4n) is 5.81. The molecule has 1 aromatic heterocycles. The van der Waals surface area contributed by atoms with Crippen LogP contribution in [0.3, 0.4) is 0 Å². The summed E-state index contributed by atoms with van der Waals surface area (Å²) in [6.45, 7) is 4.47. The van der Waals surface area contributed by atoms with Gasteiger partial charge < -0.3 is 51.5 Å². The number of aryl methyl sites for hydroxylation is 1. The van der Waals surface area contributed by atoms with E-state index in [1.807, 2.05) is 18.0 Å². The van der Waals surface area contributed by atoms with Gasteiger partial charge in [-0.3, -0.25) is 14.4 Å². The van der Waals surface area contributed by atoms with Gasteiger partial charge in [0.2, 0.25) is 5.91 Å². The average Bonchev–Trinajstić information content (AvgIpc) is 3.83. The quantitative estimate of drug-likeness (QED) is 0.0322. The molecule has 0 saturated carbocycles. The molecule has 17 nitrogen and oxygen atoms in total. The topological polar surface area (TPSA) is 244 Å². The number of hydrogen-bond acceptors (Lipinski definition) is 13. The number of thioether (sulfide) groups is 1. The number of hydrogen-bond donors (Lipinski definition) is 6. The minimum atomic E-state index is -1.26. The molecular formula is C34H52N8O9S. The van der Waals surface area contributed by atoms with E-state index in [0.717, 1.165) is 37.0 Å². The Morgan fingerprint density at radius 1 is 1.02 bits per heavy atom. The van der Waals surface area contributed by atoms with E-state index in [1.54, 1.807) is 22.9 Å². The van der Waals surface area contributed by atoms with Crippen molar-refractivity contribution in [3.63, 3.8) is 0 Å². The summed E-state index contributed by atoms with van der Waals surface area (Å²) in [5.41, 5.74) is 13.7. The maximum absolute atomic E-state index is 12.3. The van der Waals surface area contributed by atoms with Gasteiger partial charge in [-0.2, -0.15) is 11.8 Å². The number of urea groups is 1. The number of ether oxygens (including phenoxy) is 4. The van der Waals surface area contributed by atoms with Gasteiger partial charge in [0.1, 0.15) is 11.7 Å². The predicted molar refractivity (Wildman–Crippen MR) is 193 cm³/mol. The van der Waals surface area contributed by atoms with Crippen molar-refractivity contribution < 1.29 is 43.2 Å². The van der Waals surface area contributed by atoms with Gasteiger partial charge in [0.05, 0.1) is 71.1 Å². The number of ketones is 1. The number of anilines is 1. The molecule has 0 bridgehead atoms. The molecule has 3 heterocycles. The maximum Gasteiger partial charge on any atom is 0.320 e. The molecule has 4 atom stereocenters. The highest BCUT2D eigenvalue weighted by Gasteiger charge is 2.42. The number of carboxylic acid groups (broad SMARTS) is 1. The highest BCUT2D eigenvalue weighted by Crippen LogP contribution is 2.33. The minimum Gasteiger partial charge on any atom is -0.480 e. The van der Waals surface area contributed by atoms with Crippen molar-refractivity contribution in [1.29, 1.82) is 0 Å². The van der Waals surface area contributed by atoms with Gasteiger partial charge in [0.25, 0.3) is 0 Å². The molecule has 2 aromatic rings. The molecule has 2 saturated heterocycles. The number of amides is 3. The summed E-state index contributed by atoms with van der Waals surface area (Å²) in [4.78, 5) is 46.7. The summed E-state index contributed by atoms with van der Waals surface area (Å²) in [5, 5.41) is 26.4. The third-order valence-electron chi connectivity index (χ3n) is 8.59. The van der Waals surface area contributed by atoms with E-state index >= 15 is 0 Å². The van der Waals surface area contributed by atoms with Crippen LogP contribution in [0, 0.1) is 0 Å². The number of carboxylic acids is 1. The van der Waals surface area contributed by atoms with Crippen LogP contribution in [0.5, 0.6) is 0 Å². The number of nitrogens with one attached hydrogen (secondary N) is 3. The largest absolute Gasteiger partial charge is 0.480 e. The smallest absolute Gasteiger partial charge is 0.320 e. The normalized spacial score (nSPS) is 18.5. The lowest BCUT2D eigenvalue weighted by molar-refractivity contribution is -0.138. The van der Waals surface area contributed by atoms with Crippen LogP contribution in [0.2, 0.25) is 0 Å². The Morgan fingerprint density at radius 2 is 1.79 bits per heavy atom. The van der Waals surface area contributed by atoms with Crippen LogP contribution in [0.15, 0.2) is 24.4 Å². The van der Waals surface area contributed by atoms with E-state index in [0.29, 0.717) is 95.4 Å². The molecule has 1 unspecified atom stereocenters. The summed E-state index contributed by atoms with van der Waals surface area (Å²) < 4.78 is 24.1. The van der Waals surface area contributed by atoms with E-state index in [4.69, 9.17) is 35.5 Å². The number of nitrogen functional groups attached to an aromatic ring is 1. The molecule has 4 rings (SSSR count). The number of nitrogens with zero attached hydrogens (tertiary/aromatic N) is 3. The maximum atomic E-state index is 12.3. The summed E-state index contributed by atoms with van der Waals surface area (Å²) >= 11 is 1.89. The first-order valence-electron chi connectivity index (χ1n) is 17.7. The number of rotatable bonds is 27. The number of Topliss-reactive ketones (excluding diaryl/α,β-unsaturated/α-hetero) is 1. The number of fused-ring (bicyclic) bond motifs is 1. The molecule has 2 fully saturated rings. The summed E-state index contributed by atoms with van der Waals surface area (Å²) in [6, 6.07) is 4.23. The summed E-state index contributed by atoms with van der Waals surface area (Å²) in [7, 11) is 0. The second-order valence-electron chi connectivity index (χ2n) is 12.7. The first-order valence-corrected chi connectivity index (χ1v) is 18.8. The van der Waals surface area contributed by atoms with Gasteiger partial charge in [0, 0.05) is 48.2 Å². The Bertz CT molecular complexity index is 1450. The number of carbonyl (C=O) groups excluding carboxylic acids is 3. The zero-order valence-electron chi connectivity index (χ0n) is 29.5. The fourth-order valence-corrected chi connectivity index (χ4v) is 7.36. The van der Waals surface area contributed by atoms with Gasteiger partial charge >= 0.3 is 12.0 Å². The van der Waals surface area contributed by atoms with E-state index in [1.165, 1.54) is 0 Å². The summed E-state index contributed by atoms with van der Waals surface area (Å²) in [6.07, 6.45) is 6.21. The van der Waals surface area contributed by atoms with Gasteiger partial charge in [-0.25, -0.2) is 9.48 Å². The third kappa shape index (κ3) is 14.3. The third-order valence-corrected chi connectivity index (χ3v) is 10.1. The Balaban J connectivity index is 0.907. The zero-order chi connectivity index (χ0) is 37.1. The van der Waals surface area contributed by atoms with Crippen molar-refractivity contribution in [3.8, 4) is 0 Å². The fraction of sp³-hybridized carbons (Fsp3) is 0.647. The Morgan fingerprint density at radius 3 is 2.56 bits per heavy atom. The van der Waals surface area contributed by atoms with Crippen LogP contribution in [0.4, 0.5) is 10.5 Å². The molecule has 0 aliphatic carbocycles. The number of benzene rings is 1. The minimum absolute atomic E-state index is 0.0279. The van der Waals surface area contributed by atoms with Crippen molar-refractivity contribution in [2.24, 2.45) is 5.73 Å². The Hall–Kier alpha value is -3.81. The second kappa shape index (κ2) is 22.3. The van der Waals surface area contributed by atoms with Crippen molar-refractivity contribution in [2.45, 2.75) is 81.5 Å². The molecule has 2 aliphatic rings. The van der Waals surface area contributed by atoms with Crippen LogP contribution in [0.1, 0.15) is 60.1 Å². The van der Waals surface area contributed by atoms with E-state index in [-0.39, 0.29) is 36.0 Å². The first-order chi connectivity index (χ1) is 25.2. The van der Waals surface area contributed by atoms with Crippen LogP contribution in [-0.4, -0.2) is 126 Å². The lowest BCUT2D eigenvalue weighted by Crippen LogP contribution is -2.36. The lowest BCUT2D eigenvalue weighted by Gasteiger charge is -2.16. The SMILES string of the molecule is Nc1cc(CCCOCc2cn(CCOCCOCCOCCNC(=O)CCCC[C@@H]3SCC4NC(=O)N[C@@H]43)nn2)ccc1C(=O)C[C@H](N)C(=O)O. The highest BCUT2D eigenvalue weighted by molar-refractivity contribution is 8.00. The Labute approximate surface area is 307 Å². The van der Waals surface area contributed by atoms with E-state index in [2.05, 4.69) is 26.3 Å². The Kier molecular flexibility index (Phi) is 17.6. The van der Waals surface area contributed by atoms with Gasteiger partial charge in [-0.15, -0.1) is 5.10 Å². The van der Waals surface area contributed by atoms with Crippen molar-refractivity contribution in [3.05, 3.63) is 41.2 Å². The molecular weight excluding hydrogens is 696 g/mol. The number of nitrogens with two attached hydrogens (primary N) is 2. The van der Waals surface area contributed by atoms with Gasteiger partial charge in [-0.1, -0.05) is 17.7 Å². The number of unbranched alkanes of at least 4 members (excludes halogenated alkanes) is 1. The van der Waals surface area contributed by atoms with Crippen LogP contribution in [-0.2, 0) is 48.1 Å². The predicted octanol–water partition coefficient (Wildman–Crippen LogP) is 0.886. The van der Waals surface area contributed by atoms with Gasteiger partial charge in [-0.05, 0) is 43.4 Å². The molecule has 3 amide bonds. The molecule has 52 heavy (non-hydrogen) atoms. The molecule has 2 aliphatic heterocycles. The van der Waals surface area contributed by atoms with Crippen LogP contribution >= 0.6 is 11.8 Å². The molecule has 0 spiro atoms. The van der Waals surface area contributed by atoms with E-state index in [9.17, 15) is 19.2 Å². The van der Waals surface area contributed by atoms with Crippen molar-refractivity contribution >= 4 is 41.1 Å². The number of aliphatic carboxylic acids is 1. The van der Waals surface area contributed by atoms with Crippen LogP contribution in [0.25, 0.3) is 0 Å². The molecule has 1 aromatic carbocycles. The number of aromatic nitrogens is 3. The number of carbonyl (C=O) groups is 4. The van der Waals surface area contributed by atoms with E-state index < -0.39 is 17.8 Å². The molecule has 0 radical (unpaired) electrons. The monoisotopic (exact) mass is 748 g/mol. The molecule has 18 heteroatoms. The average molecular weight is 749 g/mol. The molecule has 288 valence electrons. The van der Waals surface area contributed by atoms with Gasteiger partial charge in [0.15, 0.2) is 5.78 Å². The molecule has 8 N–H and O–H groups in total. The lowest BCUT2D eigenvalue weighted by atomic mass is 9.99. The first kappa shape index (κ1) is 41.0. The second-order valence-corrected chi connectivity index (χ2v) is 13.9. The van der Waals surface area contributed by atoms with Crippen molar-refractivity contribution in [1.82, 2.24) is 30.9 Å². The van der Waals surface area contributed by atoms with Crippen LogP contribution < -0.4 is 27.4 Å². The highest BCUT2D eigenvalue weighted by atomic mass is 32.2. The summed E-state index contributed by atoms with van der Waals surface area (Å²) in [5.74, 6) is -0.655.